The Morgan fingerprint density at radius 2 is 1.81 bits per heavy atom. The van der Waals surface area contributed by atoms with E-state index in [4.69, 9.17) is 9.47 Å². The zero-order valence-electron chi connectivity index (χ0n) is 18.3. The molecule has 2 heterocycles. The van der Waals surface area contributed by atoms with Crippen molar-refractivity contribution in [2.24, 2.45) is 45.3 Å². The van der Waals surface area contributed by atoms with E-state index in [9.17, 15) is 19.5 Å². The SMILES string of the molecule is CC(=O)[C@H]1CC[C@@H]2[C@]1(C)C[C@H]1O[C@@]13[C@]21C=C[C@]2(C[C@@H](O)CC[C@]32C)[C@H]2C(=O)OC(=O)[C@@H]21. The maximum atomic E-state index is 13.3. The van der Waals surface area contributed by atoms with Gasteiger partial charge in [-0.05, 0) is 56.8 Å². The first-order chi connectivity index (χ1) is 14.6. The average molecular weight is 427 g/mol. The molecule has 2 saturated heterocycles. The molecular weight excluding hydrogens is 396 g/mol. The van der Waals surface area contributed by atoms with Crippen LogP contribution in [0.3, 0.4) is 0 Å². The summed E-state index contributed by atoms with van der Waals surface area (Å²) in [6.45, 7) is 6.14. The number of carbonyl (C=O) groups excluding carboxylic acids is 3. The second kappa shape index (κ2) is 5.01. The van der Waals surface area contributed by atoms with Crippen LogP contribution in [0.15, 0.2) is 12.2 Å². The quantitative estimate of drug-likeness (QED) is 0.300. The van der Waals surface area contributed by atoms with E-state index in [1.165, 1.54) is 0 Å². The van der Waals surface area contributed by atoms with Crippen molar-refractivity contribution in [3.05, 3.63) is 12.2 Å². The van der Waals surface area contributed by atoms with Gasteiger partial charge in [0.1, 0.15) is 11.4 Å². The zero-order chi connectivity index (χ0) is 21.8. The summed E-state index contributed by atoms with van der Waals surface area (Å²) < 4.78 is 12.1. The summed E-state index contributed by atoms with van der Waals surface area (Å²) in [6.07, 6.45) is 8.29. The third kappa shape index (κ3) is 1.58. The van der Waals surface area contributed by atoms with E-state index in [2.05, 4.69) is 26.0 Å². The number of hydrogen-bond acceptors (Lipinski definition) is 6. The molecule has 11 atom stereocenters. The summed E-state index contributed by atoms with van der Waals surface area (Å²) >= 11 is 0. The first-order valence-corrected chi connectivity index (χ1v) is 11.9. The van der Waals surface area contributed by atoms with Gasteiger partial charge in [-0.1, -0.05) is 26.0 Å². The molecule has 2 aliphatic heterocycles. The highest BCUT2D eigenvalue weighted by Gasteiger charge is 2.94. The van der Waals surface area contributed by atoms with Crippen LogP contribution in [0, 0.1) is 45.3 Å². The van der Waals surface area contributed by atoms with Crippen LogP contribution in [0.4, 0.5) is 0 Å². The van der Waals surface area contributed by atoms with E-state index in [1.807, 2.05) is 0 Å². The first-order valence-electron chi connectivity index (χ1n) is 11.9. The largest absolute Gasteiger partial charge is 0.393 e. The topological polar surface area (TPSA) is 93.2 Å². The fourth-order valence-electron chi connectivity index (χ4n) is 10.7. The molecular formula is C25H30O6. The number of ketones is 1. The molecule has 2 bridgehead atoms. The summed E-state index contributed by atoms with van der Waals surface area (Å²) in [5.74, 6) is -1.74. The molecule has 6 nitrogen and oxygen atoms in total. The van der Waals surface area contributed by atoms with Crippen molar-refractivity contribution >= 4 is 17.7 Å². The van der Waals surface area contributed by atoms with Crippen molar-refractivity contribution < 1.29 is 29.0 Å². The number of cyclic esters (lactones) is 2. The lowest BCUT2D eigenvalue weighted by molar-refractivity contribution is -0.236. The van der Waals surface area contributed by atoms with E-state index in [1.54, 1.807) is 6.92 Å². The smallest absolute Gasteiger partial charge is 0.318 e. The average Bonchev–Trinajstić information content (AvgIpc) is 3.18. The maximum absolute atomic E-state index is 13.3. The summed E-state index contributed by atoms with van der Waals surface area (Å²) in [5, 5.41) is 10.7. The Balaban J connectivity index is 1.53. The fourth-order valence-corrected chi connectivity index (χ4v) is 10.7. The van der Waals surface area contributed by atoms with E-state index in [0.29, 0.717) is 12.8 Å². The second-order valence-electron chi connectivity index (χ2n) is 12.1. The Bertz CT molecular complexity index is 1000. The standard InChI is InChI=1S/C25H30O6/c1-12(26)14-4-5-15-21(14,2)11-16-25(31-16)22(3)7-6-13(27)10-23(22)8-9-24(15,25)18-17(23)19(28)30-20(18)29/h8-9,13-18,27H,4-7,10-11H2,1-3H3/t13-,14+,15+,16+,17+,18+,21+,22-,23-,24+,25-/m0/s1. The Kier molecular flexibility index (Phi) is 3.07. The number of rotatable bonds is 1. The lowest BCUT2D eigenvalue weighted by atomic mass is 9.27. The highest BCUT2D eigenvalue weighted by Crippen LogP contribution is 2.88. The van der Waals surface area contributed by atoms with Gasteiger partial charge in [-0.2, -0.15) is 0 Å². The van der Waals surface area contributed by atoms with Gasteiger partial charge < -0.3 is 14.6 Å². The third-order valence-corrected chi connectivity index (χ3v) is 11.6. The summed E-state index contributed by atoms with van der Waals surface area (Å²) in [5.41, 5.74) is -2.36. The molecule has 6 aliphatic carbocycles. The van der Waals surface area contributed by atoms with Crippen molar-refractivity contribution in [1.82, 2.24) is 0 Å². The van der Waals surface area contributed by atoms with Crippen molar-refractivity contribution in [1.29, 1.82) is 0 Å². The molecule has 4 saturated carbocycles. The van der Waals surface area contributed by atoms with Gasteiger partial charge >= 0.3 is 11.9 Å². The molecule has 1 N–H and O–H groups in total. The van der Waals surface area contributed by atoms with Crippen LogP contribution < -0.4 is 0 Å². The van der Waals surface area contributed by atoms with Gasteiger partial charge in [0.05, 0.1) is 24.0 Å². The molecule has 6 heteroatoms. The molecule has 166 valence electrons. The molecule has 0 aromatic carbocycles. The number of aliphatic hydroxyl groups excluding tert-OH is 1. The van der Waals surface area contributed by atoms with E-state index in [0.717, 1.165) is 25.7 Å². The molecule has 3 spiro atoms. The van der Waals surface area contributed by atoms with E-state index in [-0.39, 0.29) is 34.6 Å². The van der Waals surface area contributed by atoms with Crippen molar-refractivity contribution in [3.63, 3.8) is 0 Å². The lowest BCUT2D eigenvalue weighted by Gasteiger charge is -2.72. The number of allylic oxidation sites excluding steroid dienone is 1. The molecule has 0 unspecified atom stereocenters. The molecule has 0 aromatic rings. The number of aliphatic hydroxyl groups is 1. The molecule has 0 amide bonds. The lowest BCUT2D eigenvalue weighted by Crippen LogP contribution is -2.77. The molecule has 8 rings (SSSR count). The normalized spacial score (nSPS) is 62.3. The van der Waals surface area contributed by atoms with Gasteiger partial charge in [-0.25, -0.2) is 0 Å². The minimum absolute atomic E-state index is 0.0253. The third-order valence-electron chi connectivity index (χ3n) is 11.6. The van der Waals surface area contributed by atoms with Gasteiger partial charge in [0.15, 0.2) is 0 Å². The maximum Gasteiger partial charge on any atom is 0.318 e. The first kappa shape index (κ1) is 19.0. The van der Waals surface area contributed by atoms with Crippen molar-refractivity contribution in [3.8, 4) is 0 Å². The number of Topliss-reactive ketones (excluding diaryl/α,β-unsaturated/α-hetero) is 1. The minimum atomic E-state index is -0.624. The van der Waals surface area contributed by atoms with Crippen LogP contribution in [0.25, 0.3) is 0 Å². The van der Waals surface area contributed by atoms with E-state index >= 15 is 0 Å². The molecule has 6 fully saturated rings. The van der Waals surface area contributed by atoms with Crippen LogP contribution in [0.2, 0.25) is 0 Å². The van der Waals surface area contributed by atoms with Gasteiger partial charge in [-0.3, -0.25) is 14.4 Å². The van der Waals surface area contributed by atoms with Crippen LogP contribution in [0.1, 0.15) is 59.3 Å². The van der Waals surface area contributed by atoms with Crippen LogP contribution in [-0.2, 0) is 23.9 Å². The second-order valence-corrected chi connectivity index (χ2v) is 12.1. The van der Waals surface area contributed by atoms with Gasteiger partial charge in [0.25, 0.3) is 0 Å². The Hall–Kier alpha value is -1.53. The summed E-state index contributed by atoms with van der Waals surface area (Å²) in [4.78, 5) is 39.1. The summed E-state index contributed by atoms with van der Waals surface area (Å²) in [6, 6.07) is 0. The number of ether oxygens (including phenoxy) is 2. The number of fused-ring (bicyclic) bond motifs is 1. The van der Waals surface area contributed by atoms with Crippen molar-refractivity contribution in [2.75, 3.05) is 0 Å². The van der Waals surface area contributed by atoms with Crippen LogP contribution in [-0.4, -0.2) is 40.6 Å². The molecule has 31 heavy (non-hydrogen) atoms. The molecule has 0 aromatic heterocycles. The highest BCUT2D eigenvalue weighted by molar-refractivity contribution is 5.99. The van der Waals surface area contributed by atoms with Crippen LogP contribution >= 0.6 is 0 Å². The van der Waals surface area contributed by atoms with E-state index < -0.39 is 46.3 Å². The van der Waals surface area contributed by atoms with Gasteiger partial charge in [-0.15, -0.1) is 0 Å². The van der Waals surface area contributed by atoms with Gasteiger partial charge in [0, 0.05) is 22.2 Å². The highest BCUT2D eigenvalue weighted by atomic mass is 16.6. The number of carbonyl (C=O) groups is 3. The predicted molar refractivity (Wildman–Crippen MR) is 107 cm³/mol. The Morgan fingerprint density at radius 1 is 1.06 bits per heavy atom. The summed E-state index contributed by atoms with van der Waals surface area (Å²) in [7, 11) is 0. The van der Waals surface area contributed by atoms with Crippen molar-refractivity contribution in [2.45, 2.75) is 77.1 Å². The number of hydrogen-bond donors (Lipinski definition) is 1. The molecule has 8 aliphatic rings. The number of epoxide rings is 1. The Morgan fingerprint density at radius 3 is 2.55 bits per heavy atom. The van der Waals surface area contributed by atoms with Gasteiger partial charge in [0.2, 0.25) is 0 Å². The molecule has 0 radical (unpaired) electrons. The fraction of sp³-hybridized carbons (Fsp3) is 0.800. The predicted octanol–water partition coefficient (Wildman–Crippen LogP) is 2.57. The monoisotopic (exact) mass is 426 g/mol. The Labute approximate surface area is 181 Å². The minimum Gasteiger partial charge on any atom is -0.393 e. The zero-order valence-corrected chi connectivity index (χ0v) is 18.3. The number of esters is 2. The van der Waals surface area contributed by atoms with Crippen LogP contribution in [0.5, 0.6) is 0 Å².